The van der Waals surface area contributed by atoms with Crippen molar-refractivity contribution in [2.24, 2.45) is 0 Å². The molecule has 0 atom stereocenters. The summed E-state index contributed by atoms with van der Waals surface area (Å²) in [4.78, 5) is 12.6. The van der Waals surface area contributed by atoms with Crippen molar-refractivity contribution in [3.63, 3.8) is 0 Å². The van der Waals surface area contributed by atoms with E-state index in [4.69, 9.17) is 28.3 Å². The topological polar surface area (TPSA) is 72.5 Å². The van der Waals surface area contributed by atoms with Crippen LogP contribution in [-0.2, 0) is 23.5 Å². The molecule has 1 aliphatic rings. The van der Waals surface area contributed by atoms with E-state index >= 15 is 0 Å². The number of ether oxygens (including phenoxy) is 4. The molecule has 0 unspecified atom stereocenters. The van der Waals surface area contributed by atoms with Crippen molar-refractivity contribution in [3.8, 4) is 5.75 Å². The highest BCUT2D eigenvalue weighted by molar-refractivity contribution is 6.63. The Bertz CT molecular complexity index is 719. The highest BCUT2D eigenvalue weighted by Crippen LogP contribution is 2.37. The molecule has 1 aromatic carbocycles. The summed E-state index contributed by atoms with van der Waals surface area (Å²) in [5.74, 6) is 0.111. The fraction of sp³-hybridized carbons (Fsp3) is 0.720. The molecule has 7 nitrogen and oxygen atoms in total. The van der Waals surface area contributed by atoms with Crippen LogP contribution >= 0.6 is 0 Å². The van der Waals surface area contributed by atoms with Crippen LogP contribution in [0, 0.1) is 0 Å². The molecule has 1 heterocycles. The molecule has 0 saturated carbocycles. The van der Waals surface area contributed by atoms with Crippen LogP contribution in [0.25, 0.3) is 0 Å². The fourth-order valence-electron chi connectivity index (χ4n) is 3.14. The molecular weight excluding hydrogens is 423 g/mol. The molecule has 186 valence electrons. The maximum Gasteiger partial charge on any atom is 0.498 e. The summed E-state index contributed by atoms with van der Waals surface area (Å²) in [5, 5.41) is 0. The molecule has 0 amide bonds. The van der Waals surface area contributed by atoms with E-state index in [1.807, 2.05) is 33.8 Å². The summed E-state index contributed by atoms with van der Waals surface area (Å²) in [6.07, 6.45) is 4.17. The lowest BCUT2D eigenvalue weighted by Crippen LogP contribution is -2.41. The zero-order valence-electron chi connectivity index (χ0n) is 21.2. The summed E-state index contributed by atoms with van der Waals surface area (Å²) < 4.78 is 34.8. The molecule has 0 radical (unpaired) electrons. The van der Waals surface area contributed by atoms with Crippen LogP contribution in [0.2, 0.25) is 0 Å². The number of hydrogen-bond donors (Lipinski definition) is 0. The SMILES string of the molecule is CCCCOCCOC(=O)c1ccc(B2OC(C)(C)C(C)(C)O2)c(OCCOCCCC)c1. The molecule has 1 aromatic rings. The third-order valence-electron chi connectivity index (χ3n) is 5.99. The van der Waals surface area contributed by atoms with E-state index in [2.05, 4.69) is 13.8 Å². The Morgan fingerprint density at radius 2 is 1.42 bits per heavy atom. The van der Waals surface area contributed by atoms with Gasteiger partial charge < -0.3 is 28.3 Å². The van der Waals surface area contributed by atoms with Crippen LogP contribution in [0.5, 0.6) is 5.75 Å². The van der Waals surface area contributed by atoms with Gasteiger partial charge in [-0.25, -0.2) is 4.79 Å². The second-order valence-electron chi connectivity index (χ2n) is 9.26. The lowest BCUT2D eigenvalue weighted by atomic mass is 9.78. The maximum atomic E-state index is 12.6. The van der Waals surface area contributed by atoms with Crippen LogP contribution < -0.4 is 10.2 Å². The Labute approximate surface area is 199 Å². The summed E-state index contributed by atoms with van der Waals surface area (Å²) >= 11 is 0. The summed E-state index contributed by atoms with van der Waals surface area (Å²) in [6, 6.07) is 5.21. The predicted molar refractivity (Wildman–Crippen MR) is 129 cm³/mol. The predicted octanol–water partition coefficient (Wildman–Crippen LogP) is 4.15. The number of rotatable bonds is 15. The van der Waals surface area contributed by atoms with Gasteiger partial charge in [0.05, 0.1) is 30.0 Å². The average molecular weight is 464 g/mol. The molecular formula is C25H41BO7. The Hall–Kier alpha value is -1.61. The maximum absolute atomic E-state index is 12.6. The third kappa shape index (κ3) is 8.28. The smallest absolute Gasteiger partial charge is 0.492 e. The molecule has 0 spiro atoms. The quantitative estimate of drug-likeness (QED) is 0.219. The van der Waals surface area contributed by atoms with Gasteiger partial charge >= 0.3 is 13.1 Å². The zero-order chi connectivity index (χ0) is 24.3. The van der Waals surface area contributed by atoms with E-state index in [0.29, 0.717) is 44.3 Å². The first kappa shape index (κ1) is 27.6. The van der Waals surface area contributed by atoms with Crippen LogP contribution in [0.3, 0.4) is 0 Å². The van der Waals surface area contributed by atoms with Crippen molar-refractivity contribution < 1.29 is 33.1 Å². The van der Waals surface area contributed by atoms with Gasteiger partial charge in [-0.15, -0.1) is 0 Å². The number of carbonyl (C=O) groups excluding carboxylic acids is 1. The van der Waals surface area contributed by atoms with Gasteiger partial charge in [0.15, 0.2) is 0 Å². The first-order valence-electron chi connectivity index (χ1n) is 12.2. The second kappa shape index (κ2) is 13.3. The van der Waals surface area contributed by atoms with Crippen molar-refractivity contribution in [3.05, 3.63) is 23.8 Å². The molecule has 0 bridgehead atoms. The molecule has 0 aromatic heterocycles. The summed E-state index contributed by atoms with van der Waals surface area (Å²) in [7, 11) is -0.594. The number of benzene rings is 1. The number of unbranched alkanes of at least 4 members (excludes halogenated alkanes) is 2. The molecule has 1 saturated heterocycles. The fourth-order valence-corrected chi connectivity index (χ4v) is 3.14. The van der Waals surface area contributed by atoms with Crippen molar-refractivity contribution in [1.29, 1.82) is 0 Å². The molecule has 2 rings (SSSR count). The Balaban J connectivity index is 2.06. The van der Waals surface area contributed by atoms with Gasteiger partial charge in [0, 0.05) is 18.7 Å². The lowest BCUT2D eigenvalue weighted by molar-refractivity contribution is 0.00578. The number of hydrogen-bond acceptors (Lipinski definition) is 7. The van der Waals surface area contributed by atoms with E-state index in [9.17, 15) is 4.79 Å². The highest BCUT2D eigenvalue weighted by Gasteiger charge is 2.52. The van der Waals surface area contributed by atoms with Crippen molar-refractivity contribution >= 4 is 18.6 Å². The van der Waals surface area contributed by atoms with Gasteiger partial charge in [-0.05, 0) is 52.7 Å². The Kier molecular flexibility index (Phi) is 11.2. The first-order chi connectivity index (χ1) is 15.7. The third-order valence-corrected chi connectivity index (χ3v) is 5.99. The van der Waals surface area contributed by atoms with Crippen molar-refractivity contribution in [2.45, 2.75) is 78.4 Å². The van der Waals surface area contributed by atoms with E-state index in [1.54, 1.807) is 12.1 Å². The van der Waals surface area contributed by atoms with E-state index in [0.717, 1.165) is 31.1 Å². The minimum atomic E-state index is -0.594. The standard InChI is InChI=1S/C25H41BO7/c1-7-9-13-28-15-17-30-22-19-20(23(27)31-18-16-29-14-10-8-2)11-12-21(22)26-32-24(3,4)25(5,6)33-26/h11-12,19H,7-10,13-18H2,1-6H3. The van der Waals surface area contributed by atoms with Gasteiger partial charge in [0.1, 0.15) is 19.0 Å². The second-order valence-corrected chi connectivity index (χ2v) is 9.26. The molecule has 33 heavy (non-hydrogen) atoms. The van der Waals surface area contributed by atoms with E-state index in [1.165, 1.54) is 0 Å². The largest absolute Gasteiger partial charge is 0.498 e. The van der Waals surface area contributed by atoms with Gasteiger partial charge in [0.2, 0.25) is 0 Å². The van der Waals surface area contributed by atoms with Crippen LogP contribution in [0.1, 0.15) is 77.6 Å². The lowest BCUT2D eigenvalue weighted by Gasteiger charge is -2.32. The average Bonchev–Trinajstić information content (AvgIpc) is 2.99. The van der Waals surface area contributed by atoms with Gasteiger partial charge in [-0.1, -0.05) is 32.8 Å². The molecule has 1 fully saturated rings. The van der Waals surface area contributed by atoms with Crippen LogP contribution in [-0.4, -0.2) is 63.9 Å². The first-order valence-corrected chi connectivity index (χ1v) is 12.2. The molecule has 0 N–H and O–H groups in total. The zero-order valence-corrected chi connectivity index (χ0v) is 21.2. The normalized spacial score (nSPS) is 16.7. The van der Waals surface area contributed by atoms with Crippen molar-refractivity contribution in [1.82, 2.24) is 0 Å². The van der Waals surface area contributed by atoms with Gasteiger partial charge in [-0.3, -0.25) is 0 Å². The summed E-state index contributed by atoms with van der Waals surface area (Å²) in [6.45, 7) is 15.0. The van der Waals surface area contributed by atoms with Crippen LogP contribution in [0.4, 0.5) is 0 Å². The summed E-state index contributed by atoms with van der Waals surface area (Å²) in [5.41, 5.74) is 0.189. The highest BCUT2D eigenvalue weighted by atomic mass is 16.7. The molecule has 8 heteroatoms. The van der Waals surface area contributed by atoms with Crippen LogP contribution in [0.15, 0.2) is 18.2 Å². The minimum Gasteiger partial charge on any atom is -0.492 e. The monoisotopic (exact) mass is 464 g/mol. The molecule has 0 aliphatic carbocycles. The van der Waals surface area contributed by atoms with Gasteiger partial charge in [0.25, 0.3) is 0 Å². The van der Waals surface area contributed by atoms with Crippen molar-refractivity contribution in [2.75, 3.05) is 39.6 Å². The number of esters is 1. The van der Waals surface area contributed by atoms with E-state index < -0.39 is 24.3 Å². The minimum absolute atomic E-state index is 0.211. The number of carbonyl (C=O) groups is 1. The molecule has 1 aliphatic heterocycles. The Morgan fingerprint density at radius 3 is 2.00 bits per heavy atom. The Morgan fingerprint density at radius 1 is 0.848 bits per heavy atom. The van der Waals surface area contributed by atoms with E-state index in [-0.39, 0.29) is 6.61 Å². The van der Waals surface area contributed by atoms with Gasteiger partial charge in [-0.2, -0.15) is 0 Å².